The number of ether oxygens (including phenoxy) is 3. The smallest absolute Gasteiger partial charge is 0.271 e. The number of benzene rings is 2. The average Bonchev–Trinajstić information content (AvgIpc) is 3.48. The quantitative estimate of drug-likeness (QED) is 0.567. The van der Waals surface area contributed by atoms with Gasteiger partial charge in [0, 0.05) is 6.20 Å². The van der Waals surface area contributed by atoms with Gasteiger partial charge in [-0.25, -0.2) is 4.98 Å². The third-order valence-electron chi connectivity index (χ3n) is 5.17. The number of carbonyl (C=O) groups excluding carboxylic acids is 1. The molecule has 156 valence electrons. The van der Waals surface area contributed by atoms with E-state index in [0.29, 0.717) is 18.7 Å². The van der Waals surface area contributed by atoms with Crippen LogP contribution in [0.1, 0.15) is 35.0 Å². The second-order valence-corrected chi connectivity index (χ2v) is 7.23. The van der Waals surface area contributed by atoms with E-state index in [1.54, 1.807) is 6.20 Å². The number of amides is 1. The second kappa shape index (κ2) is 9.45. The third kappa shape index (κ3) is 4.80. The fraction of sp³-hybridized carbons (Fsp3) is 0.304. The van der Waals surface area contributed by atoms with Gasteiger partial charge in [-0.2, -0.15) is 0 Å². The van der Waals surface area contributed by atoms with Gasteiger partial charge in [0.2, 0.25) is 6.79 Å². The van der Waals surface area contributed by atoms with Crippen LogP contribution in [0.25, 0.3) is 0 Å². The molecule has 7 heteroatoms. The molecule has 1 amide bonds. The van der Waals surface area contributed by atoms with Crippen molar-refractivity contribution in [3.63, 3.8) is 0 Å². The molecule has 1 aromatic heterocycles. The molecule has 7 nitrogen and oxygen atoms in total. The highest BCUT2D eigenvalue weighted by molar-refractivity contribution is 5.92. The number of para-hydroxylation sites is 1. The van der Waals surface area contributed by atoms with Gasteiger partial charge in [0.15, 0.2) is 11.5 Å². The van der Waals surface area contributed by atoms with Crippen LogP contribution in [0.5, 0.6) is 11.5 Å². The number of hydrogen-bond donors (Lipinski definition) is 2. The summed E-state index contributed by atoms with van der Waals surface area (Å²) in [5.41, 5.74) is 2.50. The molecule has 0 radical (unpaired) electrons. The lowest BCUT2D eigenvalue weighted by molar-refractivity contribution is 0.0242. The molecule has 0 unspecified atom stereocenters. The molecule has 30 heavy (non-hydrogen) atoms. The molecule has 2 heterocycles. The van der Waals surface area contributed by atoms with Gasteiger partial charge in [0.1, 0.15) is 5.69 Å². The summed E-state index contributed by atoms with van der Waals surface area (Å²) in [6, 6.07) is 15.7. The second-order valence-electron chi connectivity index (χ2n) is 7.23. The van der Waals surface area contributed by atoms with E-state index in [9.17, 15) is 4.79 Å². The molecule has 0 saturated heterocycles. The van der Waals surface area contributed by atoms with Crippen molar-refractivity contribution in [2.45, 2.75) is 38.5 Å². The zero-order valence-electron chi connectivity index (χ0n) is 16.8. The molecule has 0 spiro atoms. The Bertz CT molecular complexity index is 960. The number of H-pyrrole nitrogens is 1. The monoisotopic (exact) mass is 407 g/mol. The Labute approximate surface area is 175 Å². The fourth-order valence-electron chi connectivity index (χ4n) is 3.47. The molecule has 2 atom stereocenters. The lowest BCUT2D eigenvalue weighted by atomic mass is 10.0. The Balaban J connectivity index is 1.43. The standard InChI is InChI=1S/C23H25N3O4/c1-16(28-13-17-6-3-2-4-7-17)19(26-23(27)20-12-24-14-25-20)11-10-18-8-5-9-21-22(18)30-15-29-21/h2-9,12,14,16,19H,10-11,13,15H2,1H3,(H,24,25)(H,26,27)/t16-,19+/m0/s1. The molecule has 2 N–H and O–H groups in total. The van der Waals surface area contributed by atoms with Gasteiger partial charge >= 0.3 is 0 Å². The van der Waals surface area contributed by atoms with Crippen molar-refractivity contribution < 1.29 is 19.0 Å². The Hall–Kier alpha value is -3.32. The van der Waals surface area contributed by atoms with E-state index in [2.05, 4.69) is 15.3 Å². The van der Waals surface area contributed by atoms with E-state index in [4.69, 9.17) is 14.2 Å². The van der Waals surface area contributed by atoms with E-state index >= 15 is 0 Å². The van der Waals surface area contributed by atoms with Gasteiger partial charge in [-0.15, -0.1) is 0 Å². The van der Waals surface area contributed by atoms with Crippen LogP contribution in [0.4, 0.5) is 0 Å². The fourth-order valence-corrected chi connectivity index (χ4v) is 3.47. The summed E-state index contributed by atoms with van der Waals surface area (Å²) in [5, 5.41) is 3.07. The molecule has 0 fully saturated rings. The number of imidazole rings is 1. The van der Waals surface area contributed by atoms with E-state index in [1.165, 1.54) is 6.33 Å². The van der Waals surface area contributed by atoms with Crippen LogP contribution in [0.15, 0.2) is 61.1 Å². The van der Waals surface area contributed by atoms with Crippen LogP contribution in [0.2, 0.25) is 0 Å². The molecular formula is C23H25N3O4. The molecule has 1 aliphatic rings. The number of nitrogens with zero attached hydrogens (tertiary/aromatic N) is 1. The van der Waals surface area contributed by atoms with Crippen LogP contribution in [0.3, 0.4) is 0 Å². The van der Waals surface area contributed by atoms with Crippen LogP contribution >= 0.6 is 0 Å². The summed E-state index contributed by atoms with van der Waals surface area (Å²) in [5.74, 6) is 1.32. The first-order valence-electron chi connectivity index (χ1n) is 10.0. The number of nitrogens with one attached hydrogen (secondary N) is 2. The predicted molar refractivity (Wildman–Crippen MR) is 111 cm³/mol. The van der Waals surface area contributed by atoms with E-state index < -0.39 is 0 Å². The first kappa shape index (κ1) is 20.0. The van der Waals surface area contributed by atoms with E-state index in [-0.39, 0.29) is 24.8 Å². The van der Waals surface area contributed by atoms with Crippen LogP contribution in [-0.2, 0) is 17.8 Å². The van der Waals surface area contributed by atoms with E-state index in [0.717, 1.165) is 29.0 Å². The molecular weight excluding hydrogens is 382 g/mol. The van der Waals surface area contributed by atoms with Gasteiger partial charge < -0.3 is 24.5 Å². The molecule has 0 aliphatic carbocycles. The predicted octanol–water partition coefficient (Wildman–Crippen LogP) is 3.47. The molecule has 4 rings (SSSR count). The zero-order valence-corrected chi connectivity index (χ0v) is 16.8. The highest BCUT2D eigenvalue weighted by atomic mass is 16.7. The van der Waals surface area contributed by atoms with Gasteiger partial charge in [0.25, 0.3) is 5.91 Å². The van der Waals surface area contributed by atoms with Crippen LogP contribution in [-0.4, -0.2) is 34.8 Å². The summed E-state index contributed by atoms with van der Waals surface area (Å²) in [7, 11) is 0. The first-order chi connectivity index (χ1) is 14.7. The van der Waals surface area contributed by atoms with Crippen molar-refractivity contribution in [3.8, 4) is 11.5 Å². The normalized spacial score (nSPS) is 14.3. The van der Waals surface area contributed by atoms with Crippen LogP contribution in [0, 0.1) is 0 Å². The maximum absolute atomic E-state index is 12.6. The topological polar surface area (TPSA) is 85.5 Å². The van der Waals surface area contributed by atoms with Crippen LogP contribution < -0.4 is 14.8 Å². The largest absolute Gasteiger partial charge is 0.454 e. The van der Waals surface area contributed by atoms with E-state index in [1.807, 2.05) is 55.5 Å². The number of rotatable bonds is 9. The maximum atomic E-state index is 12.6. The van der Waals surface area contributed by atoms with Gasteiger partial charge in [-0.3, -0.25) is 4.79 Å². The lowest BCUT2D eigenvalue weighted by Gasteiger charge is -2.25. The van der Waals surface area contributed by atoms with Crippen molar-refractivity contribution in [1.82, 2.24) is 15.3 Å². The number of fused-ring (bicyclic) bond motifs is 1. The minimum absolute atomic E-state index is 0.193. The summed E-state index contributed by atoms with van der Waals surface area (Å²) in [4.78, 5) is 19.5. The summed E-state index contributed by atoms with van der Waals surface area (Å²) in [6.07, 6.45) is 4.28. The minimum atomic E-state index is -0.228. The van der Waals surface area contributed by atoms with Gasteiger partial charge in [0.05, 0.1) is 25.1 Å². The molecule has 3 aromatic rings. The van der Waals surface area contributed by atoms with Crippen molar-refractivity contribution in [2.24, 2.45) is 0 Å². The molecule has 0 saturated carbocycles. The number of aryl methyl sites for hydroxylation is 1. The number of aromatic amines is 1. The maximum Gasteiger partial charge on any atom is 0.271 e. The third-order valence-corrected chi connectivity index (χ3v) is 5.17. The Kier molecular flexibility index (Phi) is 6.29. The highest BCUT2D eigenvalue weighted by Crippen LogP contribution is 2.36. The molecule has 1 aliphatic heterocycles. The Morgan fingerprint density at radius 1 is 1.20 bits per heavy atom. The van der Waals surface area contributed by atoms with Gasteiger partial charge in [-0.05, 0) is 37.0 Å². The number of carbonyl (C=O) groups is 1. The van der Waals surface area contributed by atoms with Gasteiger partial charge in [-0.1, -0.05) is 42.5 Å². The summed E-state index contributed by atoms with van der Waals surface area (Å²) < 4.78 is 17.2. The van der Waals surface area contributed by atoms with Crippen molar-refractivity contribution >= 4 is 5.91 Å². The lowest BCUT2D eigenvalue weighted by Crippen LogP contribution is -2.43. The zero-order chi connectivity index (χ0) is 20.8. The highest BCUT2D eigenvalue weighted by Gasteiger charge is 2.24. The Morgan fingerprint density at radius 3 is 2.87 bits per heavy atom. The van der Waals surface area contributed by atoms with Crippen molar-refractivity contribution in [2.75, 3.05) is 6.79 Å². The summed E-state index contributed by atoms with van der Waals surface area (Å²) in [6.45, 7) is 2.70. The molecule has 2 aromatic carbocycles. The molecule has 0 bridgehead atoms. The van der Waals surface area contributed by atoms with Crippen molar-refractivity contribution in [3.05, 3.63) is 77.9 Å². The number of aromatic nitrogens is 2. The summed E-state index contributed by atoms with van der Waals surface area (Å²) >= 11 is 0. The minimum Gasteiger partial charge on any atom is -0.454 e. The van der Waals surface area contributed by atoms with Crippen molar-refractivity contribution in [1.29, 1.82) is 0 Å². The Morgan fingerprint density at radius 2 is 2.07 bits per heavy atom. The SMILES string of the molecule is C[C@H](OCc1ccccc1)[C@@H](CCc1cccc2c1OCO2)NC(=O)c1c[nH]cn1. The number of hydrogen-bond acceptors (Lipinski definition) is 5. The first-order valence-corrected chi connectivity index (χ1v) is 10.0. The average molecular weight is 407 g/mol.